The van der Waals surface area contributed by atoms with Crippen LogP contribution >= 0.6 is 0 Å². The van der Waals surface area contributed by atoms with Crippen LogP contribution in [0.15, 0.2) is 12.1 Å². The molecule has 1 radical (unpaired) electrons. The molecule has 0 aliphatic carbocycles. The second-order valence-electron chi connectivity index (χ2n) is 4.10. The first-order valence-electron chi connectivity index (χ1n) is 5.77. The Morgan fingerprint density at radius 3 is 2.56 bits per heavy atom. The highest BCUT2D eigenvalue weighted by molar-refractivity contribution is 5.75. The average Bonchev–Trinajstić information content (AvgIpc) is 2.27. The lowest BCUT2D eigenvalue weighted by Crippen LogP contribution is -2.14. The van der Waals surface area contributed by atoms with Crippen LogP contribution in [0, 0.1) is 0 Å². The zero-order chi connectivity index (χ0) is 13.1. The van der Waals surface area contributed by atoms with E-state index in [1.54, 1.807) is 6.07 Å². The molecule has 95 valence electrons. The molecule has 0 unspecified atom stereocenters. The summed E-state index contributed by atoms with van der Waals surface area (Å²) in [6.07, 6.45) is 1.78. The minimum atomic E-state index is -0.419. The van der Waals surface area contributed by atoms with Gasteiger partial charge in [0.05, 0.1) is 0 Å². The summed E-state index contributed by atoms with van der Waals surface area (Å²) in [6.45, 7) is 3.37. The van der Waals surface area contributed by atoms with E-state index in [2.05, 4.69) is 5.32 Å². The van der Waals surface area contributed by atoms with E-state index < -0.39 is 11.9 Å². The summed E-state index contributed by atoms with van der Waals surface area (Å²) in [5.74, 6) is -0.0834. The highest BCUT2D eigenvalue weighted by Gasteiger charge is 2.19. The lowest BCUT2D eigenvalue weighted by Gasteiger charge is -2.19. The van der Waals surface area contributed by atoms with Crippen LogP contribution in [0.2, 0.25) is 0 Å². The third-order valence-corrected chi connectivity index (χ3v) is 2.52. The number of rotatable bonds is 2. The Bertz CT molecular complexity index is 496. The van der Waals surface area contributed by atoms with Gasteiger partial charge in [-0.3, -0.25) is 14.9 Å². The first kappa shape index (κ1) is 12.4. The fourth-order valence-electron chi connectivity index (χ4n) is 1.93. The molecule has 0 saturated heterocycles. The van der Waals surface area contributed by atoms with Gasteiger partial charge in [-0.15, -0.1) is 0 Å². The van der Waals surface area contributed by atoms with Crippen LogP contribution in [0.1, 0.15) is 25.8 Å². The molecule has 0 N–H and O–H groups in total. The van der Waals surface area contributed by atoms with Crippen molar-refractivity contribution >= 4 is 17.6 Å². The number of nitrogens with zero attached hydrogens (tertiary/aromatic N) is 1. The highest BCUT2D eigenvalue weighted by Crippen LogP contribution is 2.36. The Balaban J connectivity index is 2.40. The Hall–Kier alpha value is -2.04. The Kier molecular flexibility index (Phi) is 3.50. The molecule has 5 heteroatoms. The van der Waals surface area contributed by atoms with Crippen molar-refractivity contribution in [2.24, 2.45) is 0 Å². The normalized spacial score (nSPS) is 13.2. The number of fused-ring (bicyclic) bond motifs is 1. The molecule has 0 saturated carbocycles. The molecule has 1 aliphatic rings. The fourth-order valence-corrected chi connectivity index (χ4v) is 1.93. The van der Waals surface area contributed by atoms with E-state index in [1.807, 2.05) is 0 Å². The van der Waals surface area contributed by atoms with Gasteiger partial charge in [0.15, 0.2) is 5.75 Å². The van der Waals surface area contributed by atoms with Gasteiger partial charge in [-0.2, -0.15) is 0 Å². The van der Waals surface area contributed by atoms with Gasteiger partial charge in [0.1, 0.15) is 11.4 Å². The van der Waals surface area contributed by atoms with E-state index in [0.29, 0.717) is 23.7 Å². The average molecular weight is 248 g/mol. The van der Waals surface area contributed by atoms with E-state index >= 15 is 0 Å². The van der Waals surface area contributed by atoms with Gasteiger partial charge in [-0.25, -0.2) is 0 Å². The summed E-state index contributed by atoms with van der Waals surface area (Å²) in [6, 6.07) is 3.29. The number of hydrogen-bond acceptors (Lipinski definition) is 4. The summed E-state index contributed by atoms with van der Waals surface area (Å²) in [7, 11) is 0. The number of carbonyl (C=O) groups is 2. The third kappa shape index (κ3) is 2.80. The van der Waals surface area contributed by atoms with Crippen LogP contribution in [0.4, 0.5) is 5.69 Å². The van der Waals surface area contributed by atoms with Gasteiger partial charge in [0, 0.05) is 26.5 Å². The number of carbonyl (C=O) groups excluding carboxylic acids is 2. The summed E-state index contributed by atoms with van der Waals surface area (Å²) in [4.78, 5) is 22.0. The van der Waals surface area contributed by atoms with Gasteiger partial charge < -0.3 is 9.47 Å². The Labute approximate surface area is 105 Å². The molecule has 1 heterocycles. The van der Waals surface area contributed by atoms with Crippen molar-refractivity contribution in [2.45, 2.75) is 26.7 Å². The SMILES string of the molecule is CC(=O)Oc1cc2c(c(OC(C)=O)c1)[N]CCC2. The Morgan fingerprint density at radius 1 is 1.17 bits per heavy atom. The van der Waals surface area contributed by atoms with Crippen LogP contribution in [0.3, 0.4) is 0 Å². The molecule has 0 bridgehead atoms. The molecule has 1 aliphatic heterocycles. The molecule has 5 nitrogen and oxygen atoms in total. The maximum absolute atomic E-state index is 11.1. The number of ether oxygens (including phenoxy) is 2. The molecular weight excluding hydrogens is 234 g/mol. The van der Waals surface area contributed by atoms with Gasteiger partial charge in [0.2, 0.25) is 0 Å². The molecule has 0 fully saturated rings. The molecule has 0 aromatic heterocycles. The predicted molar refractivity (Wildman–Crippen MR) is 64.0 cm³/mol. The quantitative estimate of drug-likeness (QED) is 0.590. The number of esters is 2. The number of hydrogen-bond donors (Lipinski definition) is 0. The van der Waals surface area contributed by atoms with Crippen molar-refractivity contribution in [3.8, 4) is 11.5 Å². The third-order valence-electron chi connectivity index (χ3n) is 2.52. The smallest absolute Gasteiger partial charge is 0.308 e. The summed E-state index contributed by atoms with van der Waals surface area (Å²) < 4.78 is 10.1. The molecule has 1 aromatic carbocycles. The second kappa shape index (κ2) is 5.08. The number of aryl methyl sites for hydroxylation is 1. The maximum atomic E-state index is 11.1. The summed E-state index contributed by atoms with van der Waals surface area (Å²) in [5.41, 5.74) is 1.63. The highest BCUT2D eigenvalue weighted by atomic mass is 16.5. The van der Waals surface area contributed by atoms with Crippen LogP contribution < -0.4 is 14.8 Å². The molecular formula is C13H14NO4. The van der Waals surface area contributed by atoms with Crippen LogP contribution in [0.5, 0.6) is 11.5 Å². The van der Waals surface area contributed by atoms with Crippen LogP contribution in [-0.4, -0.2) is 18.5 Å². The van der Waals surface area contributed by atoms with Crippen LogP contribution in [-0.2, 0) is 16.0 Å². The lowest BCUT2D eigenvalue weighted by atomic mass is 10.0. The van der Waals surface area contributed by atoms with Gasteiger partial charge in [-0.1, -0.05) is 0 Å². The predicted octanol–water partition coefficient (Wildman–Crippen LogP) is 1.72. The maximum Gasteiger partial charge on any atom is 0.308 e. The topological polar surface area (TPSA) is 66.7 Å². The molecule has 2 rings (SSSR count). The first-order valence-corrected chi connectivity index (χ1v) is 5.77. The molecule has 0 amide bonds. The van der Waals surface area contributed by atoms with Crippen molar-refractivity contribution in [3.05, 3.63) is 17.7 Å². The zero-order valence-electron chi connectivity index (χ0n) is 10.4. The van der Waals surface area contributed by atoms with Crippen molar-refractivity contribution < 1.29 is 19.1 Å². The van der Waals surface area contributed by atoms with Gasteiger partial charge in [0.25, 0.3) is 0 Å². The fraction of sp³-hybridized carbons (Fsp3) is 0.385. The zero-order valence-corrected chi connectivity index (χ0v) is 10.4. The minimum absolute atomic E-state index is 0.357. The number of benzene rings is 1. The standard InChI is InChI=1S/C13H14NO4/c1-8(15)17-11-6-10-4-3-5-14-13(10)12(7-11)18-9(2)16/h6-7H,3-5H2,1-2H3. The van der Waals surface area contributed by atoms with Crippen LogP contribution in [0.25, 0.3) is 0 Å². The van der Waals surface area contributed by atoms with E-state index in [0.717, 1.165) is 18.4 Å². The molecule has 18 heavy (non-hydrogen) atoms. The molecule has 0 atom stereocenters. The monoisotopic (exact) mass is 248 g/mol. The van der Waals surface area contributed by atoms with E-state index in [9.17, 15) is 9.59 Å². The van der Waals surface area contributed by atoms with E-state index in [4.69, 9.17) is 9.47 Å². The van der Waals surface area contributed by atoms with Gasteiger partial charge >= 0.3 is 11.9 Å². The lowest BCUT2D eigenvalue weighted by molar-refractivity contribution is -0.132. The second-order valence-corrected chi connectivity index (χ2v) is 4.10. The molecule has 1 aromatic rings. The van der Waals surface area contributed by atoms with Gasteiger partial charge in [-0.05, 0) is 24.5 Å². The van der Waals surface area contributed by atoms with Crippen molar-refractivity contribution in [2.75, 3.05) is 6.54 Å². The van der Waals surface area contributed by atoms with Crippen molar-refractivity contribution in [1.29, 1.82) is 0 Å². The van der Waals surface area contributed by atoms with E-state index in [-0.39, 0.29) is 0 Å². The minimum Gasteiger partial charge on any atom is -0.427 e. The molecule has 0 spiro atoms. The van der Waals surface area contributed by atoms with Crippen molar-refractivity contribution in [1.82, 2.24) is 5.32 Å². The van der Waals surface area contributed by atoms with E-state index in [1.165, 1.54) is 19.9 Å². The first-order chi connectivity index (χ1) is 8.56. The Morgan fingerprint density at radius 2 is 1.89 bits per heavy atom. The van der Waals surface area contributed by atoms with Crippen molar-refractivity contribution in [3.63, 3.8) is 0 Å². The summed E-state index contributed by atoms with van der Waals surface area (Å²) in [5, 5.41) is 4.35. The summed E-state index contributed by atoms with van der Waals surface area (Å²) >= 11 is 0. The largest absolute Gasteiger partial charge is 0.427 e.